The van der Waals surface area contributed by atoms with E-state index in [0.29, 0.717) is 11.2 Å². The zero-order valence-corrected chi connectivity index (χ0v) is 10.4. The molecule has 0 bridgehead atoms. The van der Waals surface area contributed by atoms with Gasteiger partial charge in [0.2, 0.25) is 0 Å². The van der Waals surface area contributed by atoms with E-state index in [1.165, 1.54) is 17.2 Å². The molecule has 2 aromatic heterocycles. The van der Waals surface area contributed by atoms with Gasteiger partial charge in [0.1, 0.15) is 24.2 Å². The fourth-order valence-electron chi connectivity index (χ4n) is 2.30. The summed E-state index contributed by atoms with van der Waals surface area (Å²) in [7, 11) is 0. The SMILES string of the molecule is Nc1ncnc2c1ncn2[C@@H]1CCC(F)(F)[C@@H](CO)O1. The van der Waals surface area contributed by atoms with Crippen molar-refractivity contribution in [3.8, 4) is 0 Å². The summed E-state index contributed by atoms with van der Waals surface area (Å²) in [6.45, 7) is -0.743. The number of anilines is 1. The van der Waals surface area contributed by atoms with Gasteiger partial charge in [-0.15, -0.1) is 0 Å². The number of alkyl halides is 2. The predicted molar refractivity (Wildman–Crippen MR) is 64.9 cm³/mol. The van der Waals surface area contributed by atoms with E-state index in [4.69, 9.17) is 15.6 Å². The number of rotatable bonds is 2. The maximum Gasteiger partial charge on any atom is 0.276 e. The molecule has 0 amide bonds. The standard InChI is InChI=1S/C11H13F2N5O2/c12-11(13)2-1-7(20-6(11)3-19)18-5-17-8-9(14)15-4-16-10(8)18/h4-7,19H,1-3H2,(H2,14,15,16)/t6-,7+/m1/s1. The molecule has 3 N–H and O–H groups in total. The molecule has 3 rings (SSSR count). The van der Waals surface area contributed by atoms with Crippen molar-refractivity contribution >= 4 is 17.0 Å². The molecule has 1 aliphatic heterocycles. The summed E-state index contributed by atoms with van der Waals surface area (Å²) >= 11 is 0. The van der Waals surface area contributed by atoms with E-state index in [2.05, 4.69) is 15.0 Å². The quantitative estimate of drug-likeness (QED) is 0.843. The molecule has 7 nitrogen and oxygen atoms in total. The number of aromatic nitrogens is 4. The van der Waals surface area contributed by atoms with E-state index in [1.54, 1.807) is 0 Å². The highest BCUT2D eigenvalue weighted by Gasteiger charge is 2.46. The van der Waals surface area contributed by atoms with Gasteiger partial charge in [-0.2, -0.15) is 0 Å². The number of fused-ring (bicyclic) bond motifs is 1. The summed E-state index contributed by atoms with van der Waals surface area (Å²) in [4.78, 5) is 11.9. The first-order valence-electron chi connectivity index (χ1n) is 6.10. The van der Waals surface area contributed by atoms with Crippen molar-refractivity contribution in [1.29, 1.82) is 0 Å². The maximum absolute atomic E-state index is 13.5. The van der Waals surface area contributed by atoms with Crippen LogP contribution in [0, 0.1) is 0 Å². The number of halogens is 2. The van der Waals surface area contributed by atoms with E-state index in [-0.39, 0.29) is 18.7 Å². The van der Waals surface area contributed by atoms with Crippen LogP contribution in [0.5, 0.6) is 0 Å². The van der Waals surface area contributed by atoms with Crippen molar-refractivity contribution in [2.75, 3.05) is 12.3 Å². The number of aliphatic hydroxyl groups is 1. The van der Waals surface area contributed by atoms with Gasteiger partial charge in [0, 0.05) is 6.42 Å². The van der Waals surface area contributed by atoms with Gasteiger partial charge in [-0.3, -0.25) is 4.57 Å². The maximum atomic E-state index is 13.5. The molecular formula is C11H13F2N5O2. The smallest absolute Gasteiger partial charge is 0.276 e. The van der Waals surface area contributed by atoms with Gasteiger partial charge in [-0.25, -0.2) is 23.7 Å². The average Bonchev–Trinajstić information content (AvgIpc) is 2.84. The summed E-state index contributed by atoms with van der Waals surface area (Å²) in [6.07, 6.45) is 0.237. The zero-order valence-electron chi connectivity index (χ0n) is 10.4. The van der Waals surface area contributed by atoms with Gasteiger partial charge >= 0.3 is 0 Å². The molecule has 1 aliphatic rings. The van der Waals surface area contributed by atoms with Crippen LogP contribution in [-0.4, -0.2) is 43.3 Å². The Hall–Kier alpha value is -1.87. The van der Waals surface area contributed by atoms with E-state index in [9.17, 15) is 8.78 Å². The molecule has 1 saturated heterocycles. The second-order valence-corrected chi connectivity index (χ2v) is 4.64. The van der Waals surface area contributed by atoms with E-state index >= 15 is 0 Å². The Bertz CT molecular complexity index is 632. The summed E-state index contributed by atoms with van der Waals surface area (Å²) in [5.74, 6) is -2.82. The Morgan fingerprint density at radius 1 is 1.45 bits per heavy atom. The average molecular weight is 285 g/mol. The Balaban J connectivity index is 1.94. The van der Waals surface area contributed by atoms with Crippen molar-refractivity contribution in [2.45, 2.75) is 31.1 Å². The van der Waals surface area contributed by atoms with Crippen LogP contribution in [0.2, 0.25) is 0 Å². The molecule has 3 heterocycles. The molecule has 108 valence electrons. The minimum Gasteiger partial charge on any atom is -0.393 e. The van der Waals surface area contributed by atoms with Crippen LogP contribution in [-0.2, 0) is 4.74 Å². The first-order chi connectivity index (χ1) is 9.53. The van der Waals surface area contributed by atoms with Crippen molar-refractivity contribution in [3.05, 3.63) is 12.7 Å². The molecule has 0 aromatic carbocycles. The summed E-state index contributed by atoms with van der Waals surface area (Å²) in [5, 5.41) is 9.02. The van der Waals surface area contributed by atoms with Gasteiger partial charge in [0.05, 0.1) is 12.9 Å². The number of hydrogen-bond donors (Lipinski definition) is 2. The monoisotopic (exact) mass is 285 g/mol. The molecular weight excluding hydrogens is 272 g/mol. The lowest BCUT2D eigenvalue weighted by molar-refractivity contribution is -0.227. The summed E-state index contributed by atoms with van der Waals surface area (Å²) < 4.78 is 33.8. The van der Waals surface area contributed by atoms with Gasteiger partial charge in [0.15, 0.2) is 11.5 Å². The van der Waals surface area contributed by atoms with Crippen LogP contribution >= 0.6 is 0 Å². The number of ether oxygens (including phenoxy) is 1. The van der Waals surface area contributed by atoms with E-state index in [1.807, 2.05) is 0 Å². The van der Waals surface area contributed by atoms with Crippen LogP contribution in [0.15, 0.2) is 12.7 Å². The predicted octanol–water partition coefficient (Wildman–Crippen LogP) is 0.714. The fraction of sp³-hybridized carbons (Fsp3) is 0.545. The number of nitrogens with two attached hydrogens (primary N) is 1. The molecule has 9 heteroatoms. The van der Waals surface area contributed by atoms with Crippen molar-refractivity contribution in [3.63, 3.8) is 0 Å². The Kier molecular flexibility index (Phi) is 3.02. The van der Waals surface area contributed by atoms with Gasteiger partial charge in [0.25, 0.3) is 5.92 Å². The molecule has 20 heavy (non-hydrogen) atoms. The number of imidazole rings is 1. The third kappa shape index (κ3) is 1.98. The zero-order chi connectivity index (χ0) is 14.3. The molecule has 0 spiro atoms. The van der Waals surface area contributed by atoms with Crippen molar-refractivity contribution in [1.82, 2.24) is 19.5 Å². The number of nitrogen functional groups attached to an aromatic ring is 1. The molecule has 1 fully saturated rings. The number of hydrogen-bond acceptors (Lipinski definition) is 6. The lowest BCUT2D eigenvalue weighted by Gasteiger charge is -2.35. The largest absolute Gasteiger partial charge is 0.393 e. The first-order valence-corrected chi connectivity index (χ1v) is 6.10. The van der Waals surface area contributed by atoms with Gasteiger partial charge in [-0.1, -0.05) is 0 Å². The molecule has 2 aromatic rings. The van der Waals surface area contributed by atoms with Crippen LogP contribution in [0.3, 0.4) is 0 Å². The highest BCUT2D eigenvalue weighted by Crippen LogP contribution is 2.38. The summed E-state index contributed by atoms with van der Waals surface area (Å²) in [6, 6.07) is 0. The molecule has 0 radical (unpaired) electrons. The summed E-state index contributed by atoms with van der Waals surface area (Å²) in [5.41, 5.74) is 6.49. The highest BCUT2D eigenvalue weighted by molar-refractivity contribution is 5.81. The third-order valence-electron chi connectivity index (χ3n) is 3.38. The van der Waals surface area contributed by atoms with Gasteiger partial charge < -0.3 is 15.6 Å². The Morgan fingerprint density at radius 3 is 3.00 bits per heavy atom. The van der Waals surface area contributed by atoms with Crippen LogP contribution < -0.4 is 5.73 Å². The third-order valence-corrected chi connectivity index (χ3v) is 3.38. The number of aliphatic hydroxyl groups excluding tert-OH is 1. The lowest BCUT2D eigenvalue weighted by atomic mass is 10.0. The van der Waals surface area contributed by atoms with Crippen molar-refractivity contribution in [2.24, 2.45) is 0 Å². The molecule has 0 unspecified atom stereocenters. The minimum atomic E-state index is -3.03. The topological polar surface area (TPSA) is 99.1 Å². The second kappa shape index (κ2) is 4.60. The first kappa shape index (κ1) is 13.1. The van der Waals surface area contributed by atoms with Crippen LogP contribution in [0.25, 0.3) is 11.2 Å². The van der Waals surface area contributed by atoms with Crippen LogP contribution in [0.4, 0.5) is 14.6 Å². The van der Waals surface area contributed by atoms with E-state index in [0.717, 1.165) is 0 Å². The molecule has 0 saturated carbocycles. The highest BCUT2D eigenvalue weighted by atomic mass is 19.3. The van der Waals surface area contributed by atoms with Gasteiger partial charge in [-0.05, 0) is 6.42 Å². The Labute approximate surface area is 112 Å². The Morgan fingerprint density at radius 2 is 2.25 bits per heavy atom. The molecule has 0 aliphatic carbocycles. The normalized spacial score (nSPS) is 25.9. The number of nitrogens with zero attached hydrogens (tertiary/aromatic N) is 4. The fourth-order valence-corrected chi connectivity index (χ4v) is 2.30. The molecule has 2 atom stereocenters. The van der Waals surface area contributed by atoms with Crippen LogP contribution in [0.1, 0.15) is 19.1 Å². The van der Waals surface area contributed by atoms with E-state index < -0.39 is 24.9 Å². The lowest BCUT2D eigenvalue weighted by Crippen LogP contribution is -2.44. The minimum absolute atomic E-state index is 0.0961. The second-order valence-electron chi connectivity index (χ2n) is 4.64. The van der Waals surface area contributed by atoms with Crippen molar-refractivity contribution < 1.29 is 18.6 Å².